The van der Waals surface area contributed by atoms with Crippen molar-refractivity contribution in [3.05, 3.63) is 20.8 Å². The van der Waals surface area contributed by atoms with Crippen LogP contribution >= 0.6 is 27.3 Å². The van der Waals surface area contributed by atoms with E-state index in [1.54, 1.807) is 11.3 Å². The van der Waals surface area contributed by atoms with Gasteiger partial charge in [-0.05, 0) is 66.1 Å². The summed E-state index contributed by atoms with van der Waals surface area (Å²) in [7, 11) is 0. The van der Waals surface area contributed by atoms with E-state index in [4.69, 9.17) is 0 Å². The van der Waals surface area contributed by atoms with E-state index in [2.05, 4.69) is 33.0 Å². The third kappa shape index (κ3) is 1.71. The largest absolute Gasteiger partial charge is 0.384 e. The molecule has 1 N–H and O–H groups in total. The Bertz CT molecular complexity index is 554. The van der Waals surface area contributed by atoms with Crippen LogP contribution in [-0.2, 0) is 5.60 Å². The zero-order chi connectivity index (χ0) is 14.2. The molecule has 0 spiro atoms. The Kier molecular flexibility index (Phi) is 2.80. The number of fused-ring (bicyclic) bond motifs is 2. The number of nitrogens with zero attached hydrogens (tertiary/aromatic N) is 1. The molecule has 1 aromatic rings. The molecule has 4 heteroatoms. The lowest BCUT2D eigenvalue weighted by Gasteiger charge is -2.70. The molecular weight excluding hydrogens is 346 g/mol. The topological polar surface area (TPSA) is 23.5 Å². The normalized spacial score (nSPS) is 48.6. The second-order valence-corrected chi connectivity index (χ2v) is 10.3. The van der Waals surface area contributed by atoms with Gasteiger partial charge in [-0.2, -0.15) is 0 Å². The van der Waals surface area contributed by atoms with E-state index < -0.39 is 5.60 Å². The number of likely N-dealkylation sites (tertiary alicyclic amines) is 1. The number of hydrogen-bond acceptors (Lipinski definition) is 3. The highest BCUT2D eigenvalue weighted by molar-refractivity contribution is 9.11. The maximum atomic E-state index is 11.6. The summed E-state index contributed by atoms with van der Waals surface area (Å²) in [6, 6.07) is 4.25. The zero-order valence-electron chi connectivity index (χ0n) is 12.2. The van der Waals surface area contributed by atoms with Crippen molar-refractivity contribution in [3.63, 3.8) is 0 Å². The van der Waals surface area contributed by atoms with Crippen LogP contribution in [0.25, 0.3) is 0 Å². The molecule has 4 saturated carbocycles. The van der Waals surface area contributed by atoms with Crippen molar-refractivity contribution in [1.29, 1.82) is 0 Å². The number of halogens is 1. The number of piperidine rings is 1. The minimum Gasteiger partial charge on any atom is -0.384 e. The van der Waals surface area contributed by atoms with Gasteiger partial charge in [0.1, 0.15) is 5.60 Å². The van der Waals surface area contributed by atoms with Crippen molar-refractivity contribution in [1.82, 2.24) is 4.90 Å². The molecule has 5 fully saturated rings. The average molecular weight is 368 g/mol. The summed E-state index contributed by atoms with van der Waals surface area (Å²) in [5.74, 6) is 1.91. The number of hydrogen-bond donors (Lipinski definition) is 1. The molecular formula is C17H22BrNOS. The molecule has 1 aliphatic heterocycles. The van der Waals surface area contributed by atoms with Gasteiger partial charge in [-0.3, -0.25) is 4.90 Å². The van der Waals surface area contributed by atoms with Gasteiger partial charge in [-0.1, -0.05) is 6.42 Å². The third-order valence-electron chi connectivity index (χ3n) is 6.88. The van der Waals surface area contributed by atoms with Crippen molar-refractivity contribution in [2.75, 3.05) is 13.1 Å². The second-order valence-electron chi connectivity index (χ2n) is 7.86. The van der Waals surface area contributed by atoms with Gasteiger partial charge in [0.25, 0.3) is 0 Å². The summed E-state index contributed by atoms with van der Waals surface area (Å²) < 4.78 is 1.14. The zero-order valence-corrected chi connectivity index (χ0v) is 14.6. The van der Waals surface area contributed by atoms with Crippen molar-refractivity contribution in [2.45, 2.75) is 49.7 Å². The Balaban J connectivity index is 1.48. The molecule has 4 aliphatic carbocycles. The highest BCUT2D eigenvalue weighted by Crippen LogP contribution is 2.63. The number of rotatable bonds is 2. The smallest absolute Gasteiger partial charge is 0.107 e. The van der Waals surface area contributed by atoms with Gasteiger partial charge in [-0.15, -0.1) is 11.3 Å². The Morgan fingerprint density at radius 2 is 1.81 bits per heavy atom. The Morgan fingerprint density at radius 1 is 1.14 bits per heavy atom. The molecule has 21 heavy (non-hydrogen) atoms. The second kappa shape index (κ2) is 4.34. The SMILES string of the molecule is O[C@@]1(c2ccc(Br)s2)[C@@H]2CCC[C@H]1CN(C13CC(C1)C3)C2. The van der Waals surface area contributed by atoms with Crippen molar-refractivity contribution in [2.24, 2.45) is 17.8 Å². The van der Waals surface area contributed by atoms with Gasteiger partial charge in [0, 0.05) is 35.3 Å². The fourth-order valence-electron chi connectivity index (χ4n) is 5.59. The van der Waals surface area contributed by atoms with Crippen LogP contribution in [0, 0.1) is 17.8 Å². The highest BCUT2D eigenvalue weighted by atomic mass is 79.9. The molecule has 0 amide bonds. The Morgan fingerprint density at radius 3 is 2.29 bits per heavy atom. The number of thiophene rings is 1. The van der Waals surface area contributed by atoms with Crippen LogP contribution in [0.3, 0.4) is 0 Å². The van der Waals surface area contributed by atoms with Gasteiger partial charge >= 0.3 is 0 Å². The first-order chi connectivity index (χ1) is 10.1. The fraction of sp³-hybridized carbons (Fsp3) is 0.765. The van der Waals surface area contributed by atoms with E-state index in [0.29, 0.717) is 17.4 Å². The van der Waals surface area contributed by atoms with Crippen molar-refractivity contribution >= 4 is 27.3 Å². The standard InChI is InChI=1S/C17H22BrNOS/c18-15-5-4-14(21-15)17(20)12-2-1-3-13(17)10-19(9-12)16-6-11(7-16)8-16/h4-5,11-13,20H,1-3,6-10H2/t11?,12-,13+,16?,17+. The van der Waals surface area contributed by atoms with Crippen LogP contribution in [0.4, 0.5) is 0 Å². The minimum atomic E-state index is -0.561. The lowest BCUT2D eigenvalue weighted by Crippen LogP contribution is -2.73. The first-order valence-electron chi connectivity index (χ1n) is 8.33. The van der Waals surface area contributed by atoms with Gasteiger partial charge in [-0.25, -0.2) is 0 Å². The van der Waals surface area contributed by atoms with Crippen molar-refractivity contribution in [3.8, 4) is 0 Å². The average Bonchev–Trinajstić information content (AvgIpc) is 2.73. The molecule has 2 nitrogen and oxygen atoms in total. The summed E-state index contributed by atoms with van der Waals surface area (Å²) in [6.07, 6.45) is 8.00. The predicted octanol–water partition coefficient (Wildman–Crippen LogP) is 3.98. The Hall–Kier alpha value is 0.1000. The molecule has 6 rings (SSSR count). The maximum Gasteiger partial charge on any atom is 0.107 e. The summed E-state index contributed by atoms with van der Waals surface area (Å²) in [4.78, 5) is 3.97. The van der Waals surface area contributed by atoms with E-state index >= 15 is 0 Å². The lowest BCUT2D eigenvalue weighted by atomic mass is 9.48. The lowest BCUT2D eigenvalue weighted by molar-refractivity contribution is -0.216. The van der Waals surface area contributed by atoms with Gasteiger partial charge in [0.05, 0.1) is 3.79 Å². The highest BCUT2D eigenvalue weighted by Gasteiger charge is 2.63. The van der Waals surface area contributed by atoms with Crippen LogP contribution in [0.15, 0.2) is 15.9 Å². The van der Waals surface area contributed by atoms with Gasteiger partial charge in [0.2, 0.25) is 0 Å². The van der Waals surface area contributed by atoms with Gasteiger partial charge < -0.3 is 5.11 Å². The molecule has 3 atom stereocenters. The fourth-order valence-corrected chi connectivity index (χ4v) is 7.23. The maximum absolute atomic E-state index is 11.6. The quantitative estimate of drug-likeness (QED) is 0.854. The van der Waals surface area contributed by atoms with Crippen LogP contribution < -0.4 is 0 Å². The van der Waals surface area contributed by atoms with E-state index in [0.717, 1.165) is 22.8 Å². The monoisotopic (exact) mass is 367 g/mol. The molecule has 5 aliphatic rings. The van der Waals surface area contributed by atoms with Gasteiger partial charge in [0.15, 0.2) is 0 Å². The van der Waals surface area contributed by atoms with E-state index in [9.17, 15) is 5.11 Å². The minimum absolute atomic E-state index is 0.435. The molecule has 0 aromatic carbocycles. The third-order valence-corrected chi connectivity index (χ3v) is 8.64. The van der Waals surface area contributed by atoms with E-state index in [1.165, 1.54) is 43.4 Å². The molecule has 4 bridgehead atoms. The summed E-state index contributed by atoms with van der Waals surface area (Å²) >= 11 is 5.31. The molecule has 1 aromatic heterocycles. The van der Waals surface area contributed by atoms with Crippen molar-refractivity contribution < 1.29 is 5.11 Å². The summed E-state index contributed by atoms with van der Waals surface area (Å²) in [5, 5.41) is 11.6. The van der Waals surface area contributed by atoms with Crippen LogP contribution in [0.1, 0.15) is 43.4 Å². The summed E-state index contributed by atoms with van der Waals surface area (Å²) in [6.45, 7) is 2.24. The van der Waals surface area contributed by atoms with Crippen LogP contribution in [0.2, 0.25) is 0 Å². The van der Waals surface area contributed by atoms with E-state index in [-0.39, 0.29) is 0 Å². The Labute approximate surface area is 138 Å². The first-order valence-corrected chi connectivity index (χ1v) is 9.94. The molecule has 0 radical (unpaired) electrons. The van der Waals surface area contributed by atoms with E-state index in [1.807, 2.05) is 0 Å². The number of aliphatic hydroxyl groups is 1. The predicted molar refractivity (Wildman–Crippen MR) is 88.4 cm³/mol. The molecule has 0 unspecified atom stereocenters. The molecule has 2 heterocycles. The van der Waals surface area contributed by atoms with Crippen LogP contribution in [0.5, 0.6) is 0 Å². The first kappa shape index (κ1) is 13.5. The molecule has 114 valence electrons. The summed E-state index contributed by atoms with van der Waals surface area (Å²) in [5.41, 5.74) is 0.00480. The van der Waals surface area contributed by atoms with Crippen LogP contribution in [-0.4, -0.2) is 28.6 Å². The molecule has 1 saturated heterocycles.